The standard InChI is InChI=1S/C14H15NO3S/c1-10-3-5-11(6-4-10)19(16,17)12-7-8-13(15)14(9-12)18-2/h3-9H,15H2,1-2H3. The van der Waals surface area contributed by atoms with Gasteiger partial charge in [0, 0.05) is 6.07 Å². The predicted octanol–water partition coefficient (Wildman–Crippen LogP) is 2.42. The first-order valence-corrected chi connectivity index (χ1v) is 7.19. The highest BCUT2D eigenvalue weighted by atomic mass is 32.2. The van der Waals surface area contributed by atoms with Crippen LogP contribution < -0.4 is 10.5 Å². The van der Waals surface area contributed by atoms with Crippen LogP contribution in [0.4, 0.5) is 5.69 Å². The molecule has 0 aliphatic heterocycles. The molecule has 0 saturated heterocycles. The van der Waals surface area contributed by atoms with Gasteiger partial charge in [0.05, 0.1) is 22.6 Å². The van der Waals surface area contributed by atoms with E-state index in [0.29, 0.717) is 11.4 Å². The van der Waals surface area contributed by atoms with E-state index in [4.69, 9.17) is 10.5 Å². The summed E-state index contributed by atoms with van der Waals surface area (Å²) in [6, 6.07) is 11.2. The molecule has 19 heavy (non-hydrogen) atoms. The maximum Gasteiger partial charge on any atom is 0.206 e. The van der Waals surface area contributed by atoms with Gasteiger partial charge in [-0.2, -0.15) is 0 Å². The van der Waals surface area contributed by atoms with E-state index in [1.54, 1.807) is 24.3 Å². The van der Waals surface area contributed by atoms with Crippen molar-refractivity contribution in [3.05, 3.63) is 48.0 Å². The largest absolute Gasteiger partial charge is 0.495 e. The molecule has 2 aromatic rings. The van der Waals surface area contributed by atoms with E-state index in [2.05, 4.69) is 0 Å². The molecule has 0 unspecified atom stereocenters. The first-order chi connectivity index (χ1) is 8.95. The Bertz CT molecular complexity index is 691. The third kappa shape index (κ3) is 2.56. The molecule has 0 amide bonds. The molecule has 0 bridgehead atoms. The van der Waals surface area contributed by atoms with Crippen LogP contribution in [-0.2, 0) is 9.84 Å². The summed E-state index contributed by atoms with van der Waals surface area (Å²) in [7, 11) is -2.09. The fourth-order valence-electron chi connectivity index (χ4n) is 1.71. The molecule has 0 heterocycles. The van der Waals surface area contributed by atoms with E-state index in [0.717, 1.165) is 5.56 Å². The molecule has 2 aromatic carbocycles. The van der Waals surface area contributed by atoms with Crippen LogP contribution in [-0.4, -0.2) is 15.5 Å². The summed E-state index contributed by atoms with van der Waals surface area (Å²) in [5.41, 5.74) is 7.10. The molecular formula is C14H15NO3S. The quantitative estimate of drug-likeness (QED) is 0.875. The number of hydrogen-bond acceptors (Lipinski definition) is 4. The van der Waals surface area contributed by atoms with E-state index in [1.165, 1.54) is 25.3 Å². The summed E-state index contributed by atoms with van der Waals surface area (Å²) < 4.78 is 29.9. The first kappa shape index (κ1) is 13.4. The SMILES string of the molecule is COc1cc(S(=O)(=O)c2ccc(C)cc2)ccc1N. The number of nitrogens with two attached hydrogens (primary N) is 1. The van der Waals surface area contributed by atoms with Crippen molar-refractivity contribution < 1.29 is 13.2 Å². The highest BCUT2D eigenvalue weighted by molar-refractivity contribution is 7.91. The first-order valence-electron chi connectivity index (χ1n) is 5.70. The van der Waals surface area contributed by atoms with Gasteiger partial charge in [0.15, 0.2) is 0 Å². The molecule has 0 radical (unpaired) electrons. The number of methoxy groups -OCH3 is 1. The highest BCUT2D eigenvalue weighted by Gasteiger charge is 2.18. The monoisotopic (exact) mass is 277 g/mol. The van der Waals surface area contributed by atoms with Crippen LogP contribution in [0.1, 0.15) is 5.56 Å². The Balaban J connectivity index is 2.53. The molecule has 100 valence electrons. The lowest BCUT2D eigenvalue weighted by Gasteiger charge is -2.09. The van der Waals surface area contributed by atoms with Crippen LogP contribution in [0.2, 0.25) is 0 Å². The van der Waals surface area contributed by atoms with Crippen molar-refractivity contribution in [1.29, 1.82) is 0 Å². The molecule has 0 aliphatic rings. The zero-order chi connectivity index (χ0) is 14.0. The average molecular weight is 277 g/mol. The molecule has 0 saturated carbocycles. The Morgan fingerprint density at radius 2 is 1.58 bits per heavy atom. The summed E-state index contributed by atoms with van der Waals surface area (Å²) in [6.45, 7) is 1.91. The summed E-state index contributed by atoms with van der Waals surface area (Å²) in [5.74, 6) is 0.355. The lowest BCUT2D eigenvalue weighted by molar-refractivity contribution is 0.415. The highest BCUT2D eigenvalue weighted by Crippen LogP contribution is 2.28. The lowest BCUT2D eigenvalue weighted by atomic mass is 10.2. The maximum absolute atomic E-state index is 12.4. The van der Waals surface area contributed by atoms with E-state index in [9.17, 15) is 8.42 Å². The molecule has 0 spiro atoms. The summed E-state index contributed by atoms with van der Waals surface area (Å²) in [4.78, 5) is 0.423. The number of aryl methyl sites for hydroxylation is 1. The number of sulfone groups is 1. The van der Waals surface area contributed by atoms with Crippen LogP contribution in [0.25, 0.3) is 0 Å². The van der Waals surface area contributed by atoms with Crippen LogP contribution in [0.5, 0.6) is 5.75 Å². The maximum atomic E-state index is 12.4. The van der Waals surface area contributed by atoms with Crippen LogP contribution >= 0.6 is 0 Å². The summed E-state index contributed by atoms with van der Waals surface area (Å²) in [6.07, 6.45) is 0. The van der Waals surface area contributed by atoms with Crippen molar-refractivity contribution >= 4 is 15.5 Å². The molecule has 0 aliphatic carbocycles. The van der Waals surface area contributed by atoms with Gasteiger partial charge in [0.1, 0.15) is 5.75 Å². The third-order valence-electron chi connectivity index (χ3n) is 2.85. The van der Waals surface area contributed by atoms with Crippen molar-refractivity contribution in [2.24, 2.45) is 0 Å². The lowest BCUT2D eigenvalue weighted by Crippen LogP contribution is -2.03. The van der Waals surface area contributed by atoms with Crippen molar-refractivity contribution in [3.8, 4) is 5.75 Å². The smallest absolute Gasteiger partial charge is 0.206 e. The van der Waals surface area contributed by atoms with E-state index >= 15 is 0 Å². The van der Waals surface area contributed by atoms with Crippen molar-refractivity contribution in [1.82, 2.24) is 0 Å². The van der Waals surface area contributed by atoms with E-state index in [1.807, 2.05) is 6.92 Å². The number of benzene rings is 2. The van der Waals surface area contributed by atoms with Gasteiger partial charge < -0.3 is 10.5 Å². The number of hydrogen-bond donors (Lipinski definition) is 1. The fraction of sp³-hybridized carbons (Fsp3) is 0.143. The molecule has 0 aromatic heterocycles. The summed E-state index contributed by atoms with van der Waals surface area (Å²) in [5, 5.41) is 0. The van der Waals surface area contributed by atoms with Crippen LogP contribution in [0.3, 0.4) is 0 Å². The second-order valence-corrected chi connectivity index (χ2v) is 6.17. The molecule has 4 nitrogen and oxygen atoms in total. The van der Waals surface area contributed by atoms with Gasteiger partial charge in [-0.3, -0.25) is 0 Å². The van der Waals surface area contributed by atoms with E-state index in [-0.39, 0.29) is 9.79 Å². The minimum Gasteiger partial charge on any atom is -0.495 e. The van der Waals surface area contributed by atoms with Gasteiger partial charge in [0.2, 0.25) is 9.84 Å². The van der Waals surface area contributed by atoms with Gasteiger partial charge in [-0.15, -0.1) is 0 Å². The predicted molar refractivity (Wildman–Crippen MR) is 74.0 cm³/mol. The normalized spacial score (nSPS) is 11.3. The van der Waals surface area contributed by atoms with Crippen LogP contribution in [0, 0.1) is 6.92 Å². The average Bonchev–Trinajstić information content (AvgIpc) is 2.39. The van der Waals surface area contributed by atoms with Gasteiger partial charge in [-0.1, -0.05) is 17.7 Å². The topological polar surface area (TPSA) is 69.4 Å². The van der Waals surface area contributed by atoms with Gasteiger partial charge >= 0.3 is 0 Å². The number of ether oxygens (including phenoxy) is 1. The van der Waals surface area contributed by atoms with Crippen LogP contribution in [0.15, 0.2) is 52.3 Å². The summed E-state index contributed by atoms with van der Waals surface area (Å²) >= 11 is 0. The number of nitrogen functional groups attached to an aromatic ring is 1. The Hall–Kier alpha value is -2.01. The minimum atomic E-state index is -3.54. The van der Waals surface area contributed by atoms with E-state index < -0.39 is 9.84 Å². The van der Waals surface area contributed by atoms with Crippen molar-refractivity contribution in [2.75, 3.05) is 12.8 Å². The number of anilines is 1. The number of rotatable bonds is 3. The molecular weight excluding hydrogens is 262 g/mol. The second-order valence-electron chi connectivity index (χ2n) is 4.22. The van der Waals surface area contributed by atoms with Gasteiger partial charge in [-0.05, 0) is 31.2 Å². The molecule has 0 atom stereocenters. The Kier molecular flexibility index (Phi) is 3.48. The minimum absolute atomic E-state index is 0.169. The third-order valence-corrected chi connectivity index (χ3v) is 4.61. The molecule has 2 N–H and O–H groups in total. The zero-order valence-electron chi connectivity index (χ0n) is 10.8. The molecule has 0 fully saturated rings. The molecule has 2 rings (SSSR count). The van der Waals surface area contributed by atoms with Crippen molar-refractivity contribution in [3.63, 3.8) is 0 Å². The Morgan fingerprint density at radius 3 is 2.16 bits per heavy atom. The zero-order valence-corrected chi connectivity index (χ0v) is 11.6. The van der Waals surface area contributed by atoms with Crippen molar-refractivity contribution in [2.45, 2.75) is 16.7 Å². The molecule has 5 heteroatoms. The van der Waals surface area contributed by atoms with Gasteiger partial charge in [0.25, 0.3) is 0 Å². The second kappa shape index (κ2) is 4.93. The Morgan fingerprint density at radius 1 is 1.00 bits per heavy atom. The Labute approximate surface area is 112 Å². The van der Waals surface area contributed by atoms with Gasteiger partial charge in [-0.25, -0.2) is 8.42 Å². The fourth-order valence-corrected chi connectivity index (χ4v) is 2.99.